The molecule has 37 heavy (non-hydrogen) atoms. The van der Waals surface area contributed by atoms with E-state index in [9.17, 15) is 19.6 Å². The number of fused-ring (bicyclic) bond motifs is 3. The van der Waals surface area contributed by atoms with E-state index in [1.165, 1.54) is 6.20 Å². The highest BCUT2D eigenvalue weighted by Gasteiger charge is 2.46. The number of amides is 2. The molecule has 3 aromatic rings. The molecule has 1 aromatic carbocycles. The maximum absolute atomic E-state index is 12.8. The Morgan fingerprint density at radius 2 is 2.08 bits per heavy atom. The molecule has 6 rings (SSSR count). The lowest BCUT2D eigenvalue weighted by Gasteiger charge is -2.33. The lowest BCUT2D eigenvalue weighted by atomic mass is 9.88. The molecule has 1 saturated heterocycles. The van der Waals surface area contributed by atoms with Crippen LogP contribution >= 0.6 is 0 Å². The number of nitriles is 1. The highest BCUT2D eigenvalue weighted by atomic mass is 16.6. The standard InChI is InChI=1S/C25H23N7O5/c26-11-14-1-3-16-18(9-14)31(23(34)12-28-16)8-7-27-15-2-4-17-20(10-15)37-25(35)32(17)21-6-5-19-24(29-21)30-22(33)13-36-19/h1,3,5-6,9,12,15,17,20,27H,2,4,7-8,10,13H2,(H,29,30,33)/t15-,17-,20-/m0/s1. The molecule has 0 radical (unpaired) electrons. The van der Waals surface area contributed by atoms with Crippen LogP contribution in [0.15, 0.2) is 41.3 Å². The van der Waals surface area contributed by atoms with Crippen LogP contribution in [0.25, 0.3) is 11.0 Å². The Morgan fingerprint density at radius 3 is 2.95 bits per heavy atom. The van der Waals surface area contributed by atoms with Crippen LogP contribution in [0.5, 0.6) is 5.75 Å². The topological polar surface area (TPSA) is 151 Å². The number of pyridine rings is 1. The van der Waals surface area contributed by atoms with Crippen LogP contribution in [0.4, 0.5) is 16.4 Å². The zero-order chi connectivity index (χ0) is 25.5. The highest BCUT2D eigenvalue weighted by Crippen LogP contribution is 2.37. The van der Waals surface area contributed by atoms with Crippen LogP contribution in [0.1, 0.15) is 24.8 Å². The fraction of sp³-hybridized carbons (Fsp3) is 0.360. The van der Waals surface area contributed by atoms with Gasteiger partial charge in [-0.05, 0) is 43.2 Å². The molecule has 2 aliphatic heterocycles. The number of nitrogens with zero attached hydrogens (tertiary/aromatic N) is 5. The van der Waals surface area contributed by atoms with Crippen molar-refractivity contribution in [2.75, 3.05) is 23.4 Å². The van der Waals surface area contributed by atoms with E-state index in [-0.39, 0.29) is 36.3 Å². The van der Waals surface area contributed by atoms with Crippen molar-refractivity contribution >= 4 is 34.7 Å². The molecule has 12 nitrogen and oxygen atoms in total. The maximum atomic E-state index is 12.8. The second-order valence-electron chi connectivity index (χ2n) is 9.24. The van der Waals surface area contributed by atoms with Crippen molar-refractivity contribution in [1.29, 1.82) is 5.26 Å². The van der Waals surface area contributed by atoms with Gasteiger partial charge in [-0.1, -0.05) is 0 Å². The SMILES string of the molecule is N#Cc1ccc2ncc(=O)n(CCN[C@H]3CC[C@H]4[C@H](C3)OC(=O)N4c3ccc4c(n3)NC(=O)CO4)c2c1. The second kappa shape index (κ2) is 9.18. The molecule has 3 aliphatic rings. The molecule has 3 atom stereocenters. The van der Waals surface area contributed by atoms with E-state index in [1.54, 1.807) is 39.8 Å². The molecule has 0 spiro atoms. The fourth-order valence-corrected chi connectivity index (χ4v) is 5.24. The Labute approximate surface area is 210 Å². The molecular formula is C25H23N7O5. The molecule has 2 aromatic heterocycles. The minimum Gasteiger partial charge on any atom is -0.480 e. The Morgan fingerprint density at radius 1 is 1.19 bits per heavy atom. The molecule has 2 fully saturated rings. The number of anilines is 2. The van der Waals surface area contributed by atoms with Gasteiger partial charge < -0.3 is 24.7 Å². The average molecular weight is 502 g/mol. The number of hydrogen-bond donors (Lipinski definition) is 2. The minimum absolute atomic E-state index is 0.0637. The normalized spacial score (nSPS) is 22.5. The van der Waals surface area contributed by atoms with Gasteiger partial charge >= 0.3 is 6.09 Å². The molecular weight excluding hydrogens is 478 g/mol. The predicted molar refractivity (Wildman–Crippen MR) is 131 cm³/mol. The average Bonchev–Trinajstić information content (AvgIpc) is 3.24. The first-order chi connectivity index (χ1) is 18.0. The van der Waals surface area contributed by atoms with Crippen molar-refractivity contribution < 1.29 is 19.1 Å². The van der Waals surface area contributed by atoms with Gasteiger partial charge in [0.1, 0.15) is 11.9 Å². The van der Waals surface area contributed by atoms with Crippen molar-refractivity contribution in [2.24, 2.45) is 0 Å². The van der Waals surface area contributed by atoms with Gasteiger partial charge in [-0.2, -0.15) is 5.26 Å². The van der Waals surface area contributed by atoms with Gasteiger partial charge in [-0.25, -0.2) is 14.8 Å². The monoisotopic (exact) mass is 501 g/mol. The summed E-state index contributed by atoms with van der Waals surface area (Å²) in [6.07, 6.45) is 2.67. The van der Waals surface area contributed by atoms with E-state index in [1.807, 2.05) is 0 Å². The minimum atomic E-state index is -0.464. The van der Waals surface area contributed by atoms with Crippen LogP contribution in [-0.4, -0.2) is 57.9 Å². The van der Waals surface area contributed by atoms with Crippen LogP contribution < -0.4 is 25.8 Å². The number of hydrogen-bond acceptors (Lipinski definition) is 9. The van der Waals surface area contributed by atoms with Crippen LogP contribution in [0.2, 0.25) is 0 Å². The summed E-state index contributed by atoms with van der Waals surface area (Å²) >= 11 is 0. The van der Waals surface area contributed by atoms with Crippen molar-refractivity contribution in [3.63, 3.8) is 0 Å². The first-order valence-electron chi connectivity index (χ1n) is 12.1. The highest BCUT2D eigenvalue weighted by molar-refractivity contribution is 5.95. The van der Waals surface area contributed by atoms with E-state index < -0.39 is 6.09 Å². The molecule has 2 N–H and O–H groups in total. The first-order valence-corrected chi connectivity index (χ1v) is 12.1. The van der Waals surface area contributed by atoms with E-state index in [4.69, 9.17) is 9.47 Å². The number of carbonyl (C=O) groups is 2. The molecule has 188 valence electrons. The maximum Gasteiger partial charge on any atom is 0.416 e. The largest absolute Gasteiger partial charge is 0.480 e. The zero-order valence-corrected chi connectivity index (χ0v) is 19.7. The summed E-state index contributed by atoms with van der Waals surface area (Å²) in [6, 6.07) is 10.5. The first kappa shape index (κ1) is 22.9. The number of nitrogens with one attached hydrogen (secondary N) is 2. The number of ether oxygens (including phenoxy) is 2. The second-order valence-corrected chi connectivity index (χ2v) is 9.24. The number of aromatic nitrogens is 3. The fourth-order valence-electron chi connectivity index (χ4n) is 5.24. The number of rotatable bonds is 5. The van der Waals surface area contributed by atoms with Gasteiger partial charge in [-0.15, -0.1) is 0 Å². The van der Waals surface area contributed by atoms with Gasteiger partial charge in [0.2, 0.25) is 0 Å². The van der Waals surface area contributed by atoms with Gasteiger partial charge in [0.05, 0.1) is 34.9 Å². The van der Waals surface area contributed by atoms with E-state index in [0.29, 0.717) is 59.9 Å². The number of benzene rings is 1. The third kappa shape index (κ3) is 4.23. The Bertz CT molecular complexity index is 1510. The number of carbonyl (C=O) groups excluding carboxylic acids is 2. The van der Waals surface area contributed by atoms with Crippen LogP contribution in [0, 0.1) is 11.3 Å². The van der Waals surface area contributed by atoms with Crippen molar-refractivity contribution in [3.05, 3.63) is 52.4 Å². The molecule has 12 heteroatoms. The summed E-state index contributed by atoms with van der Waals surface area (Å²) in [4.78, 5) is 47.0. The summed E-state index contributed by atoms with van der Waals surface area (Å²) in [5.74, 6) is 0.874. The Balaban J connectivity index is 1.11. The smallest absolute Gasteiger partial charge is 0.416 e. The molecule has 0 unspecified atom stereocenters. The van der Waals surface area contributed by atoms with Crippen molar-refractivity contribution in [3.8, 4) is 11.8 Å². The van der Waals surface area contributed by atoms with Gasteiger partial charge in [0, 0.05) is 25.6 Å². The van der Waals surface area contributed by atoms with E-state index in [2.05, 4.69) is 26.7 Å². The molecule has 1 aliphatic carbocycles. The zero-order valence-electron chi connectivity index (χ0n) is 19.7. The lowest BCUT2D eigenvalue weighted by Crippen LogP contribution is -2.46. The van der Waals surface area contributed by atoms with E-state index in [0.717, 1.165) is 6.42 Å². The third-order valence-corrected chi connectivity index (χ3v) is 6.99. The molecule has 4 heterocycles. The summed E-state index contributed by atoms with van der Waals surface area (Å²) in [5.41, 5.74) is 1.51. The van der Waals surface area contributed by atoms with Crippen LogP contribution in [0.3, 0.4) is 0 Å². The summed E-state index contributed by atoms with van der Waals surface area (Å²) in [5, 5.41) is 15.4. The quantitative estimate of drug-likeness (QED) is 0.530. The van der Waals surface area contributed by atoms with Gasteiger partial charge in [0.25, 0.3) is 11.5 Å². The Hall–Kier alpha value is -4.50. The van der Waals surface area contributed by atoms with Crippen LogP contribution in [-0.2, 0) is 16.1 Å². The van der Waals surface area contributed by atoms with E-state index >= 15 is 0 Å². The summed E-state index contributed by atoms with van der Waals surface area (Å²) < 4.78 is 12.7. The summed E-state index contributed by atoms with van der Waals surface area (Å²) in [7, 11) is 0. The van der Waals surface area contributed by atoms with Gasteiger partial charge in [-0.3, -0.25) is 14.5 Å². The molecule has 1 saturated carbocycles. The summed E-state index contributed by atoms with van der Waals surface area (Å²) in [6.45, 7) is 0.878. The van der Waals surface area contributed by atoms with Crippen molar-refractivity contribution in [1.82, 2.24) is 19.9 Å². The molecule has 2 amide bonds. The Kier molecular flexibility index (Phi) is 5.69. The van der Waals surface area contributed by atoms with Gasteiger partial charge in [0.15, 0.2) is 18.2 Å². The predicted octanol–water partition coefficient (Wildman–Crippen LogP) is 1.53. The van der Waals surface area contributed by atoms with Crippen molar-refractivity contribution in [2.45, 2.75) is 44.0 Å². The molecule has 0 bridgehead atoms. The third-order valence-electron chi connectivity index (χ3n) is 6.99. The lowest BCUT2D eigenvalue weighted by molar-refractivity contribution is -0.118.